The summed E-state index contributed by atoms with van der Waals surface area (Å²) in [5.74, 6) is 1.71. The molecule has 1 radical (unpaired) electrons. The molecule has 8 heteroatoms. The summed E-state index contributed by atoms with van der Waals surface area (Å²) in [5.41, 5.74) is 2.27. The standard InChI is InChI=1S/C22H19N2O5.Y/c1-16-7-3-5-9-19(16)28-21-11-22(24-14-23-21)29-20-10-6-4-8-18(20)17(12-26-2)13-27-15-25;/h3-8,10-12,14-15H,13H2,1-2H3;/q-1;/b17-12-;. The summed E-state index contributed by atoms with van der Waals surface area (Å²) in [6, 6.07) is 17.4. The number of rotatable bonds is 9. The topological polar surface area (TPSA) is 79.8 Å². The van der Waals surface area contributed by atoms with Crippen LogP contribution in [0.3, 0.4) is 0 Å². The first-order valence-electron chi connectivity index (χ1n) is 8.73. The Morgan fingerprint density at radius 2 is 1.87 bits per heavy atom. The van der Waals surface area contributed by atoms with Gasteiger partial charge in [-0.2, -0.15) is 18.2 Å². The average Bonchev–Trinajstić information content (AvgIpc) is 2.74. The van der Waals surface area contributed by atoms with Crippen LogP contribution < -0.4 is 9.47 Å². The van der Waals surface area contributed by atoms with Crippen molar-refractivity contribution in [2.75, 3.05) is 13.7 Å². The first-order chi connectivity index (χ1) is 14.2. The van der Waals surface area contributed by atoms with Gasteiger partial charge < -0.3 is 18.9 Å². The number of nitrogens with zero attached hydrogens (tertiary/aromatic N) is 2. The van der Waals surface area contributed by atoms with Crippen molar-refractivity contribution >= 4 is 12.0 Å². The third-order valence-corrected chi connectivity index (χ3v) is 3.85. The van der Waals surface area contributed by atoms with Crippen LogP contribution in [0.5, 0.6) is 23.3 Å². The van der Waals surface area contributed by atoms with Gasteiger partial charge in [0.2, 0.25) is 11.8 Å². The van der Waals surface area contributed by atoms with E-state index in [0.29, 0.717) is 40.9 Å². The van der Waals surface area contributed by atoms with Gasteiger partial charge >= 0.3 is 0 Å². The first kappa shape index (κ1) is 23.5. The molecule has 0 fully saturated rings. The molecule has 0 atom stereocenters. The van der Waals surface area contributed by atoms with Gasteiger partial charge in [-0.05, 0) is 6.07 Å². The maximum atomic E-state index is 10.6. The molecule has 7 nitrogen and oxygen atoms in total. The van der Waals surface area contributed by atoms with Gasteiger partial charge in [-0.1, -0.05) is 25.1 Å². The molecule has 151 valence electrons. The normalized spacial score (nSPS) is 10.5. The van der Waals surface area contributed by atoms with Gasteiger partial charge in [0.15, 0.2) is 0 Å². The van der Waals surface area contributed by atoms with Crippen LogP contribution in [0.25, 0.3) is 5.57 Å². The van der Waals surface area contributed by atoms with Crippen molar-refractivity contribution in [3.63, 3.8) is 0 Å². The monoisotopic (exact) mass is 480 g/mol. The minimum atomic E-state index is 0. The van der Waals surface area contributed by atoms with Crippen LogP contribution in [-0.2, 0) is 47.0 Å². The summed E-state index contributed by atoms with van der Waals surface area (Å²) in [5, 5.41) is 0. The molecule has 0 amide bonds. The van der Waals surface area contributed by atoms with E-state index in [1.54, 1.807) is 18.2 Å². The minimum absolute atomic E-state index is 0. The molecule has 0 spiro atoms. The van der Waals surface area contributed by atoms with E-state index >= 15 is 0 Å². The van der Waals surface area contributed by atoms with Crippen LogP contribution in [0.15, 0.2) is 61.1 Å². The average molecular weight is 480 g/mol. The predicted octanol–water partition coefficient (Wildman–Crippen LogP) is 4.33. The maximum absolute atomic E-state index is 10.6. The fourth-order valence-electron chi connectivity index (χ4n) is 2.53. The molecule has 0 N–H and O–H groups in total. The number of carbonyl (C=O) groups excluding carboxylic acids is 1. The zero-order chi connectivity index (χ0) is 20.5. The van der Waals surface area contributed by atoms with Crippen molar-refractivity contribution < 1.29 is 56.5 Å². The summed E-state index contributed by atoms with van der Waals surface area (Å²) >= 11 is 0. The number of carbonyl (C=O) groups is 1. The summed E-state index contributed by atoms with van der Waals surface area (Å²) in [4.78, 5) is 18.8. The van der Waals surface area contributed by atoms with Gasteiger partial charge in [-0.25, -0.2) is 9.97 Å². The van der Waals surface area contributed by atoms with Crippen molar-refractivity contribution in [1.82, 2.24) is 9.97 Å². The van der Waals surface area contributed by atoms with E-state index in [-0.39, 0.29) is 39.3 Å². The fourth-order valence-corrected chi connectivity index (χ4v) is 2.53. The molecule has 0 aliphatic carbocycles. The van der Waals surface area contributed by atoms with Crippen molar-refractivity contribution in [1.29, 1.82) is 0 Å². The van der Waals surface area contributed by atoms with Crippen molar-refractivity contribution in [3.05, 3.63) is 78.3 Å². The molecule has 3 aromatic rings. The Kier molecular flexibility index (Phi) is 9.44. The maximum Gasteiger partial charge on any atom is 0.293 e. The molecule has 0 saturated carbocycles. The molecule has 0 aliphatic heterocycles. The van der Waals surface area contributed by atoms with Crippen LogP contribution >= 0.6 is 0 Å². The summed E-state index contributed by atoms with van der Waals surface area (Å²) in [6.45, 7) is 2.34. The van der Waals surface area contributed by atoms with E-state index in [9.17, 15) is 4.79 Å². The third kappa shape index (κ3) is 6.37. The van der Waals surface area contributed by atoms with Crippen LogP contribution in [0.4, 0.5) is 0 Å². The second-order valence-corrected chi connectivity index (χ2v) is 5.86. The Morgan fingerprint density at radius 3 is 2.60 bits per heavy atom. The molecular weight excluding hydrogens is 461 g/mol. The molecule has 2 aromatic carbocycles. The molecule has 0 unspecified atom stereocenters. The van der Waals surface area contributed by atoms with Gasteiger partial charge in [0.25, 0.3) is 6.47 Å². The molecule has 1 heterocycles. The number of ether oxygens (including phenoxy) is 4. The van der Waals surface area contributed by atoms with E-state index < -0.39 is 0 Å². The van der Waals surface area contributed by atoms with Gasteiger partial charge in [-0.15, -0.1) is 11.6 Å². The van der Waals surface area contributed by atoms with Crippen molar-refractivity contribution in [2.24, 2.45) is 0 Å². The van der Waals surface area contributed by atoms with Crippen molar-refractivity contribution in [3.8, 4) is 23.3 Å². The number of aryl methyl sites for hydroxylation is 1. The smallest absolute Gasteiger partial charge is 0.293 e. The van der Waals surface area contributed by atoms with E-state index in [2.05, 4.69) is 16.0 Å². The van der Waals surface area contributed by atoms with Crippen LogP contribution in [0.2, 0.25) is 0 Å². The summed E-state index contributed by atoms with van der Waals surface area (Å²) < 4.78 is 21.7. The van der Waals surface area contributed by atoms with E-state index in [1.807, 2.05) is 37.3 Å². The van der Waals surface area contributed by atoms with E-state index in [1.165, 1.54) is 19.7 Å². The van der Waals surface area contributed by atoms with E-state index in [0.717, 1.165) is 5.56 Å². The number of hydrogen-bond donors (Lipinski definition) is 0. The summed E-state index contributed by atoms with van der Waals surface area (Å²) in [6.07, 6.45) is 2.85. The summed E-state index contributed by atoms with van der Waals surface area (Å²) in [7, 11) is 1.51. The Bertz CT molecular complexity index is 1010. The molecular formula is C22H19N2O5Y-. The van der Waals surface area contributed by atoms with Crippen LogP contribution in [0.1, 0.15) is 11.1 Å². The number of hydrogen-bond acceptors (Lipinski definition) is 7. The molecule has 30 heavy (non-hydrogen) atoms. The van der Waals surface area contributed by atoms with Crippen LogP contribution in [0, 0.1) is 13.0 Å². The Morgan fingerprint density at radius 1 is 1.10 bits per heavy atom. The SMILES string of the molecule is CO/C=C(/COC=O)c1ccccc1Oc1cc(Oc2[c-]cccc2C)ncn1.[Y]. The molecule has 0 saturated heterocycles. The molecule has 3 rings (SSSR count). The number of aromatic nitrogens is 2. The largest absolute Gasteiger partial charge is 0.504 e. The Hall–Kier alpha value is -2.77. The Balaban J connectivity index is 0.00000320. The number of para-hydroxylation sites is 2. The van der Waals surface area contributed by atoms with Gasteiger partial charge in [0, 0.05) is 49.6 Å². The second-order valence-electron chi connectivity index (χ2n) is 5.86. The van der Waals surface area contributed by atoms with Crippen molar-refractivity contribution in [2.45, 2.75) is 6.92 Å². The molecule has 0 aliphatic rings. The van der Waals surface area contributed by atoms with E-state index in [4.69, 9.17) is 18.9 Å². The van der Waals surface area contributed by atoms with Gasteiger partial charge in [0.05, 0.1) is 19.4 Å². The molecule has 0 bridgehead atoms. The molecule has 1 aromatic heterocycles. The van der Waals surface area contributed by atoms with Gasteiger partial charge in [0.1, 0.15) is 18.7 Å². The first-order valence-corrected chi connectivity index (χ1v) is 8.73. The quantitative estimate of drug-likeness (QED) is 0.256. The number of methoxy groups -OCH3 is 1. The fraction of sp³-hybridized carbons (Fsp3) is 0.136. The number of benzene rings is 2. The zero-order valence-electron chi connectivity index (χ0n) is 16.6. The Labute approximate surface area is 199 Å². The zero-order valence-corrected chi connectivity index (χ0v) is 19.4. The van der Waals surface area contributed by atoms with Crippen LogP contribution in [-0.4, -0.2) is 30.2 Å². The third-order valence-electron chi connectivity index (χ3n) is 3.85. The minimum Gasteiger partial charge on any atom is -0.504 e. The van der Waals surface area contributed by atoms with Gasteiger partial charge in [-0.3, -0.25) is 4.79 Å². The second kappa shape index (κ2) is 12.0. The predicted molar refractivity (Wildman–Crippen MR) is 106 cm³/mol.